The van der Waals surface area contributed by atoms with E-state index in [1.54, 1.807) is 0 Å². The number of allylic oxidation sites excluding steroid dienone is 1. The third kappa shape index (κ3) is 5.72. The van der Waals surface area contributed by atoms with E-state index < -0.39 is 0 Å². The second kappa shape index (κ2) is 10.8. The largest absolute Gasteiger partial charge is 0.491 e. The number of rotatable bonds is 10. The maximum absolute atomic E-state index is 9.06. The minimum atomic E-state index is 0.0108. The molecule has 2 rings (SSSR count). The van der Waals surface area contributed by atoms with Crippen molar-refractivity contribution in [3.05, 3.63) is 65.2 Å². The Morgan fingerprint density at radius 3 is 2.62 bits per heavy atom. The molecular formula is C23H30O3. The molecule has 3 heteroatoms. The van der Waals surface area contributed by atoms with Gasteiger partial charge < -0.3 is 14.6 Å². The van der Waals surface area contributed by atoms with Crippen LogP contribution >= 0.6 is 0 Å². The fraction of sp³-hybridized carbons (Fsp3) is 0.391. The molecule has 3 nitrogen and oxygen atoms in total. The number of aryl methyl sites for hydroxylation is 2. The lowest BCUT2D eigenvalue weighted by Gasteiger charge is -2.15. The highest BCUT2D eigenvalue weighted by Crippen LogP contribution is 2.30. The molecule has 2 aromatic rings. The number of aliphatic hydroxyl groups is 1. The molecule has 140 valence electrons. The Balaban J connectivity index is 2.26. The van der Waals surface area contributed by atoms with Crippen LogP contribution in [0.1, 0.15) is 30.5 Å². The lowest BCUT2D eigenvalue weighted by Crippen LogP contribution is -2.06. The zero-order valence-electron chi connectivity index (χ0n) is 16.1. The first-order chi connectivity index (χ1) is 12.7. The molecule has 0 amide bonds. The molecule has 0 heterocycles. The summed E-state index contributed by atoms with van der Waals surface area (Å²) in [5.41, 5.74) is 6.21. The zero-order chi connectivity index (χ0) is 18.8. The highest BCUT2D eigenvalue weighted by atomic mass is 16.5. The lowest BCUT2D eigenvalue weighted by molar-refractivity contribution is 0.163. The number of aliphatic hydroxyl groups excluding tert-OH is 1. The van der Waals surface area contributed by atoms with Crippen LogP contribution in [0.4, 0.5) is 0 Å². The fourth-order valence-electron chi connectivity index (χ4n) is 2.97. The van der Waals surface area contributed by atoms with Crippen LogP contribution in [0.15, 0.2) is 48.6 Å². The topological polar surface area (TPSA) is 38.7 Å². The van der Waals surface area contributed by atoms with Gasteiger partial charge in [0.25, 0.3) is 0 Å². The molecule has 0 spiro atoms. The van der Waals surface area contributed by atoms with Gasteiger partial charge in [0, 0.05) is 0 Å². The average Bonchev–Trinajstić information content (AvgIpc) is 2.66. The average molecular weight is 354 g/mol. The van der Waals surface area contributed by atoms with E-state index in [-0.39, 0.29) is 6.61 Å². The molecule has 0 saturated carbocycles. The maximum atomic E-state index is 9.06. The van der Waals surface area contributed by atoms with Crippen LogP contribution in [0, 0.1) is 6.92 Å². The van der Waals surface area contributed by atoms with Crippen molar-refractivity contribution in [3.63, 3.8) is 0 Å². The van der Waals surface area contributed by atoms with Crippen LogP contribution in [0.5, 0.6) is 5.75 Å². The third-order valence-electron chi connectivity index (χ3n) is 4.33. The molecule has 0 aliphatic carbocycles. The minimum absolute atomic E-state index is 0.0108. The van der Waals surface area contributed by atoms with Gasteiger partial charge in [0.1, 0.15) is 12.4 Å². The number of hydrogen-bond donors (Lipinski definition) is 1. The number of benzene rings is 2. The van der Waals surface area contributed by atoms with Crippen molar-refractivity contribution in [3.8, 4) is 16.9 Å². The summed E-state index contributed by atoms with van der Waals surface area (Å²) in [4.78, 5) is 0. The van der Waals surface area contributed by atoms with Gasteiger partial charge in [-0.25, -0.2) is 0 Å². The first-order valence-electron chi connectivity index (χ1n) is 9.35. The number of ether oxygens (including phenoxy) is 2. The Bertz CT molecular complexity index is 719. The Morgan fingerprint density at radius 2 is 1.88 bits per heavy atom. The summed E-state index contributed by atoms with van der Waals surface area (Å²) in [5.74, 6) is 0.822. The van der Waals surface area contributed by atoms with Gasteiger partial charge in [0.2, 0.25) is 0 Å². The van der Waals surface area contributed by atoms with Crippen molar-refractivity contribution >= 4 is 0 Å². The van der Waals surface area contributed by atoms with E-state index in [0.29, 0.717) is 19.8 Å². The summed E-state index contributed by atoms with van der Waals surface area (Å²) < 4.78 is 11.4. The van der Waals surface area contributed by atoms with E-state index in [4.69, 9.17) is 14.6 Å². The Kier molecular flexibility index (Phi) is 8.39. The summed E-state index contributed by atoms with van der Waals surface area (Å²) in [7, 11) is 0. The van der Waals surface area contributed by atoms with Crippen molar-refractivity contribution in [1.29, 1.82) is 0 Å². The molecule has 0 fully saturated rings. The van der Waals surface area contributed by atoms with Gasteiger partial charge in [-0.05, 0) is 61.1 Å². The second-order valence-electron chi connectivity index (χ2n) is 6.30. The quantitative estimate of drug-likeness (QED) is 0.495. The maximum Gasteiger partial charge on any atom is 0.122 e. The third-order valence-corrected chi connectivity index (χ3v) is 4.33. The highest BCUT2D eigenvalue weighted by Gasteiger charge is 2.10. The molecular weight excluding hydrogens is 324 g/mol. The molecule has 0 aliphatic rings. The van der Waals surface area contributed by atoms with E-state index in [1.807, 2.05) is 25.1 Å². The molecule has 0 unspecified atom stereocenters. The normalized spacial score (nSPS) is 11.2. The van der Waals surface area contributed by atoms with E-state index in [0.717, 1.165) is 24.2 Å². The van der Waals surface area contributed by atoms with Crippen molar-refractivity contribution in [2.45, 2.75) is 33.6 Å². The molecule has 0 aromatic heterocycles. The van der Waals surface area contributed by atoms with Crippen molar-refractivity contribution in [2.75, 3.05) is 26.4 Å². The molecule has 0 aliphatic heterocycles. The molecule has 0 atom stereocenters. The van der Waals surface area contributed by atoms with E-state index in [2.05, 4.69) is 44.2 Å². The molecule has 0 saturated heterocycles. The van der Waals surface area contributed by atoms with Gasteiger partial charge in [0.05, 0.1) is 19.8 Å². The molecule has 26 heavy (non-hydrogen) atoms. The van der Waals surface area contributed by atoms with Crippen LogP contribution in [-0.2, 0) is 17.6 Å². The SMILES string of the molecule is C/C=C/COCCc1cc(-c2ccc(C)cc2CC)ccc1OCCO. The summed E-state index contributed by atoms with van der Waals surface area (Å²) in [6.07, 6.45) is 5.76. The summed E-state index contributed by atoms with van der Waals surface area (Å²) in [5, 5.41) is 9.06. The Labute approximate surface area is 157 Å². The van der Waals surface area contributed by atoms with Crippen LogP contribution in [0.25, 0.3) is 11.1 Å². The molecule has 0 radical (unpaired) electrons. The van der Waals surface area contributed by atoms with Crippen molar-refractivity contribution < 1.29 is 14.6 Å². The minimum Gasteiger partial charge on any atom is -0.491 e. The van der Waals surface area contributed by atoms with Crippen LogP contribution < -0.4 is 4.74 Å². The summed E-state index contributed by atoms with van der Waals surface area (Å²) in [6, 6.07) is 12.9. The molecule has 1 N–H and O–H groups in total. The predicted octanol–water partition coefficient (Wildman–Crippen LogP) is 4.73. The van der Waals surface area contributed by atoms with E-state index in [1.165, 1.54) is 22.3 Å². The highest BCUT2D eigenvalue weighted by molar-refractivity contribution is 5.69. The fourth-order valence-corrected chi connectivity index (χ4v) is 2.97. The smallest absolute Gasteiger partial charge is 0.122 e. The second-order valence-corrected chi connectivity index (χ2v) is 6.30. The van der Waals surface area contributed by atoms with Crippen molar-refractivity contribution in [1.82, 2.24) is 0 Å². The molecule has 0 bridgehead atoms. The van der Waals surface area contributed by atoms with Gasteiger partial charge >= 0.3 is 0 Å². The van der Waals surface area contributed by atoms with Gasteiger partial charge in [-0.3, -0.25) is 0 Å². The molecule has 2 aromatic carbocycles. The van der Waals surface area contributed by atoms with Crippen LogP contribution in [0.3, 0.4) is 0 Å². The predicted molar refractivity (Wildman–Crippen MR) is 108 cm³/mol. The first kappa shape index (κ1) is 20.2. The van der Waals surface area contributed by atoms with Crippen LogP contribution in [-0.4, -0.2) is 31.5 Å². The monoisotopic (exact) mass is 354 g/mol. The lowest BCUT2D eigenvalue weighted by atomic mass is 9.94. The van der Waals surface area contributed by atoms with Gasteiger partial charge in [0.15, 0.2) is 0 Å². The number of hydrogen-bond acceptors (Lipinski definition) is 3. The van der Waals surface area contributed by atoms with Gasteiger partial charge in [-0.15, -0.1) is 0 Å². The Morgan fingerprint density at radius 1 is 1.04 bits per heavy atom. The summed E-state index contributed by atoms with van der Waals surface area (Å²) >= 11 is 0. The van der Waals surface area contributed by atoms with Gasteiger partial charge in [-0.1, -0.05) is 48.9 Å². The van der Waals surface area contributed by atoms with E-state index >= 15 is 0 Å². The van der Waals surface area contributed by atoms with Gasteiger partial charge in [-0.2, -0.15) is 0 Å². The summed E-state index contributed by atoms with van der Waals surface area (Å²) in [6.45, 7) is 7.88. The van der Waals surface area contributed by atoms with Crippen molar-refractivity contribution in [2.24, 2.45) is 0 Å². The zero-order valence-corrected chi connectivity index (χ0v) is 16.1. The van der Waals surface area contributed by atoms with Crippen LogP contribution in [0.2, 0.25) is 0 Å². The Hall–Kier alpha value is -2.10. The standard InChI is InChI=1S/C23H30O3/c1-4-6-13-25-14-11-21-17-20(8-10-23(21)26-15-12-24)22-9-7-18(3)16-19(22)5-2/h4,6-10,16-17,24H,5,11-15H2,1-3H3/b6-4+. The first-order valence-corrected chi connectivity index (χ1v) is 9.35. The van der Waals surface area contributed by atoms with E-state index in [9.17, 15) is 0 Å².